The van der Waals surface area contributed by atoms with E-state index in [-0.39, 0.29) is 16.3 Å². The van der Waals surface area contributed by atoms with Crippen molar-refractivity contribution in [2.45, 2.75) is 0 Å². The molecule has 108 valence electrons. The molecule has 0 spiro atoms. The van der Waals surface area contributed by atoms with Crippen LogP contribution in [0.5, 0.6) is 5.75 Å². The summed E-state index contributed by atoms with van der Waals surface area (Å²) in [4.78, 5) is 26.0. The molecule has 1 N–H and O–H groups in total. The highest BCUT2D eigenvalue weighted by atomic mass is 35.5. The first kappa shape index (κ1) is 14.7. The zero-order chi connectivity index (χ0) is 15.4. The number of halogens is 1. The maximum absolute atomic E-state index is 12.0. The van der Waals surface area contributed by atoms with Gasteiger partial charge in [-0.15, -0.1) is 0 Å². The first-order valence-electron chi connectivity index (χ1n) is 5.76. The molecule has 8 heteroatoms. The van der Waals surface area contributed by atoms with Crippen LogP contribution in [0.15, 0.2) is 36.5 Å². The minimum atomic E-state index is -0.617. The fourth-order valence-electron chi connectivity index (χ4n) is 1.59. The fourth-order valence-corrected chi connectivity index (χ4v) is 1.84. The maximum Gasteiger partial charge on any atom is 0.287 e. The van der Waals surface area contributed by atoms with Crippen LogP contribution in [0, 0.1) is 10.1 Å². The molecule has 0 radical (unpaired) electrons. The monoisotopic (exact) mass is 307 g/mol. The van der Waals surface area contributed by atoms with Gasteiger partial charge in [-0.2, -0.15) is 0 Å². The highest BCUT2D eigenvalue weighted by molar-refractivity contribution is 6.33. The van der Waals surface area contributed by atoms with Gasteiger partial charge in [-0.3, -0.25) is 14.9 Å². The Hall–Kier alpha value is -2.67. The van der Waals surface area contributed by atoms with Crippen LogP contribution in [0.4, 0.5) is 11.5 Å². The third kappa shape index (κ3) is 3.46. The number of ether oxygens (including phenoxy) is 1. The molecule has 0 aliphatic heterocycles. The van der Waals surface area contributed by atoms with Gasteiger partial charge in [-0.05, 0) is 18.2 Å². The lowest BCUT2D eigenvalue weighted by atomic mass is 10.2. The van der Waals surface area contributed by atoms with E-state index in [1.165, 1.54) is 31.5 Å². The molecule has 0 unspecified atom stereocenters. The number of pyridine rings is 1. The highest BCUT2D eigenvalue weighted by Crippen LogP contribution is 2.25. The van der Waals surface area contributed by atoms with E-state index in [1.807, 2.05) is 0 Å². The highest BCUT2D eigenvalue weighted by Gasteiger charge is 2.15. The standard InChI is InChI=1S/C13H10ClN3O4/c1-21-9-4-5-15-12(7-9)16-13(18)8-2-3-11(17(19)20)10(14)6-8/h2-7H,1H3,(H,15,16,18). The number of nitro groups is 1. The molecule has 1 aromatic carbocycles. The zero-order valence-electron chi connectivity index (χ0n) is 10.9. The van der Waals surface area contributed by atoms with Gasteiger partial charge in [0.15, 0.2) is 0 Å². The van der Waals surface area contributed by atoms with Gasteiger partial charge >= 0.3 is 0 Å². The smallest absolute Gasteiger partial charge is 0.287 e. The number of anilines is 1. The molecule has 2 rings (SSSR count). The summed E-state index contributed by atoms with van der Waals surface area (Å²) in [7, 11) is 1.50. The predicted molar refractivity (Wildman–Crippen MR) is 76.8 cm³/mol. The van der Waals surface area contributed by atoms with Crippen LogP contribution >= 0.6 is 11.6 Å². The minimum Gasteiger partial charge on any atom is -0.497 e. The molecule has 0 fully saturated rings. The first-order valence-corrected chi connectivity index (χ1v) is 6.14. The Labute approximate surface area is 124 Å². The third-order valence-electron chi connectivity index (χ3n) is 2.62. The van der Waals surface area contributed by atoms with E-state index in [0.717, 1.165) is 0 Å². The van der Waals surface area contributed by atoms with Crippen molar-refractivity contribution in [1.82, 2.24) is 4.98 Å². The van der Waals surface area contributed by atoms with Crippen molar-refractivity contribution in [3.05, 3.63) is 57.2 Å². The van der Waals surface area contributed by atoms with Gasteiger partial charge in [0.1, 0.15) is 16.6 Å². The zero-order valence-corrected chi connectivity index (χ0v) is 11.6. The Kier molecular flexibility index (Phi) is 4.34. The van der Waals surface area contributed by atoms with Crippen molar-refractivity contribution in [1.29, 1.82) is 0 Å². The number of nitrogens with zero attached hydrogens (tertiary/aromatic N) is 2. The number of methoxy groups -OCH3 is 1. The van der Waals surface area contributed by atoms with E-state index in [1.54, 1.807) is 12.1 Å². The molecular formula is C13H10ClN3O4. The van der Waals surface area contributed by atoms with Crippen LogP contribution in [0.25, 0.3) is 0 Å². The predicted octanol–water partition coefficient (Wildman–Crippen LogP) is 2.90. The molecule has 1 heterocycles. The van der Waals surface area contributed by atoms with Crippen LogP contribution in [0.2, 0.25) is 5.02 Å². The molecule has 1 amide bonds. The van der Waals surface area contributed by atoms with Crippen molar-refractivity contribution in [2.24, 2.45) is 0 Å². The quantitative estimate of drug-likeness (QED) is 0.692. The largest absolute Gasteiger partial charge is 0.497 e. The molecule has 0 saturated heterocycles. The first-order chi connectivity index (χ1) is 10.0. The number of hydrogen-bond acceptors (Lipinski definition) is 5. The third-order valence-corrected chi connectivity index (χ3v) is 2.92. The van der Waals surface area contributed by atoms with Gasteiger partial charge in [-0.1, -0.05) is 11.6 Å². The van der Waals surface area contributed by atoms with Crippen molar-refractivity contribution in [3.8, 4) is 5.75 Å². The van der Waals surface area contributed by atoms with Crippen LogP contribution < -0.4 is 10.1 Å². The molecule has 0 aliphatic carbocycles. The van der Waals surface area contributed by atoms with E-state index < -0.39 is 10.8 Å². The Morgan fingerprint density at radius 1 is 1.38 bits per heavy atom. The summed E-state index contributed by atoms with van der Waals surface area (Å²) in [6, 6.07) is 6.91. The second-order valence-electron chi connectivity index (χ2n) is 3.96. The Morgan fingerprint density at radius 3 is 2.76 bits per heavy atom. The van der Waals surface area contributed by atoms with Crippen LogP contribution in [0.1, 0.15) is 10.4 Å². The maximum atomic E-state index is 12.0. The van der Waals surface area contributed by atoms with Gasteiger partial charge < -0.3 is 10.1 Å². The van der Waals surface area contributed by atoms with Crippen molar-refractivity contribution < 1.29 is 14.5 Å². The van der Waals surface area contributed by atoms with Gasteiger partial charge in [-0.25, -0.2) is 4.98 Å². The van der Waals surface area contributed by atoms with E-state index in [4.69, 9.17) is 16.3 Å². The number of aromatic nitrogens is 1. The Bertz CT molecular complexity index is 706. The number of nitrogens with one attached hydrogen (secondary N) is 1. The number of amides is 1. The number of carbonyl (C=O) groups is 1. The van der Waals surface area contributed by atoms with Gasteiger partial charge in [0.2, 0.25) is 0 Å². The average molecular weight is 308 g/mol. The van der Waals surface area contributed by atoms with Crippen LogP contribution in [-0.4, -0.2) is 22.9 Å². The normalized spacial score (nSPS) is 10.0. The van der Waals surface area contributed by atoms with Gasteiger partial charge in [0.05, 0.1) is 12.0 Å². The SMILES string of the molecule is COc1ccnc(NC(=O)c2ccc([N+](=O)[O-])c(Cl)c2)c1. The molecule has 7 nitrogen and oxygen atoms in total. The van der Waals surface area contributed by atoms with Crippen LogP contribution in [0.3, 0.4) is 0 Å². The summed E-state index contributed by atoms with van der Waals surface area (Å²) in [5.41, 5.74) is -0.0667. The molecule has 0 saturated carbocycles. The molecule has 1 aromatic heterocycles. The molecule has 0 aliphatic rings. The lowest BCUT2D eigenvalue weighted by Gasteiger charge is -2.06. The summed E-state index contributed by atoms with van der Waals surface area (Å²) >= 11 is 5.76. The van der Waals surface area contributed by atoms with Crippen molar-refractivity contribution >= 4 is 29.0 Å². The molecule has 0 atom stereocenters. The average Bonchev–Trinajstić information content (AvgIpc) is 2.46. The van der Waals surface area contributed by atoms with Gasteiger partial charge in [0, 0.05) is 23.9 Å². The summed E-state index contributed by atoms with van der Waals surface area (Å²) in [6.07, 6.45) is 1.48. The molecule has 2 aromatic rings. The topological polar surface area (TPSA) is 94.4 Å². The van der Waals surface area contributed by atoms with Crippen molar-refractivity contribution in [2.75, 3.05) is 12.4 Å². The number of rotatable bonds is 4. The second kappa shape index (κ2) is 6.19. The minimum absolute atomic E-state index is 0.105. The number of nitro benzene ring substituents is 1. The molecule has 21 heavy (non-hydrogen) atoms. The Balaban J connectivity index is 2.20. The lowest BCUT2D eigenvalue weighted by molar-refractivity contribution is -0.384. The van der Waals surface area contributed by atoms with Crippen LogP contribution in [-0.2, 0) is 0 Å². The number of hydrogen-bond donors (Lipinski definition) is 1. The molecular weight excluding hydrogens is 298 g/mol. The van der Waals surface area contributed by atoms with E-state index >= 15 is 0 Å². The lowest BCUT2D eigenvalue weighted by Crippen LogP contribution is -2.13. The van der Waals surface area contributed by atoms with E-state index in [9.17, 15) is 14.9 Å². The van der Waals surface area contributed by atoms with E-state index in [2.05, 4.69) is 10.3 Å². The number of carbonyl (C=O) groups excluding carboxylic acids is 1. The van der Waals surface area contributed by atoms with Crippen molar-refractivity contribution in [3.63, 3.8) is 0 Å². The second-order valence-corrected chi connectivity index (χ2v) is 4.37. The summed E-state index contributed by atoms with van der Waals surface area (Å²) in [6.45, 7) is 0. The van der Waals surface area contributed by atoms with E-state index in [0.29, 0.717) is 11.6 Å². The number of benzene rings is 1. The summed E-state index contributed by atoms with van der Waals surface area (Å²) < 4.78 is 5.02. The molecule has 0 bridgehead atoms. The summed E-state index contributed by atoms with van der Waals surface area (Å²) in [5.74, 6) is 0.364. The fraction of sp³-hybridized carbons (Fsp3) is 0.0769. The Morgan fingerprint density at radius 2 is 2.14 bits per heavy atom. The van der Waals surface area contributed by atoms with Gasteiger partial charge in [0.25, 0.3) is 11.6 Å². The summed E-state index contributed by atoms with van der Waals surface area (Å²) in [5, 5.41) is 13.1.